The van der Waals surface area contributed by atoms with Crippen molar-refractivity contribution in [3.05, 3.63) is 29.8 Å². The second-order valence-electron chi connectivity index (χ2n) is 4.33. The normalized spacial score (nSPS) is 11.1. The van der Waals surface area contributed by atoms with Gasteiger partial charge in [-0.1, -0.05) is 19.9 Å². The molecule has 0 heterocycles. The van der Waals surface area contributed by atoms with E-state index in [9.17, 15) is 9.90 Å². The molecule has 0 spiro atoms. The third-order valence-electron chi connectivity index (χ3n) is 3.15. The van der Waals surface area contributed by atoms with Crippen LogP contribution in [-0.2, 0) is 0 Å². The molecule has 1 aromatic carbocycles. The van der Waals surface area contributed by atoms with Crippen molar-refractivity contribution in [3.63, 3.8) is 0 Å². The van der Waals surface area contributed by atoms with E-state index in [0.29, 0.717) is 24.2 Å². The molecule has 0 radical (unpaired) electrons. The van der Waals surface area contributed by atoms with E-state index in [2.05, 4.69) is 5.32 Å². The van der Waals surface area contributed by atoms with E-state index in [-0.39, 0.29) is 12.5 Å². The number of carbonyl (C=O) groups excluding carboxylic acids is 1. The summed E-state index contributed by atoms with van der Waals surface area (Å²) in [6, 6.07) is 6.93. The molecule has 100 valence electrons. The Morgan fingerprint density at radius 3 is 2.61 bits per heavy atom. The molecule has 4 nitrogen and oxygen atoms in total. The van der Waals surface area contributed by atoms with Gasteiger partial charge in [-0.3, -0.25) is 4.79 Å². The SMILES string of the molecule is CCC(O)(CC)COc1cccc(C(=O)NC)c1. The molecule has 0 atom stereocenters. The molecule has 0 bridgehead atoms. The number of hydrogen-bond acceptors (Lipinski definition) is 3. The number of aliphatic hydroxyl groups is 1. The third-order valence-corrected chi connectivity index (χ3v) is 3.15. The van der Waals surface area contributed by atoms with Crippen LogP contribution in [-0.4, -0.2) is 30.3 Å². The van der Waals surface area contributed by atoms with Crippen molar-refractivity contribution in [3.8, 4) is 5.75 Å². The first-order valence-electron chi connectivity index (χ1n) is 6.22. The number of nitrogens with one attached hydrogen (secondary N) is 1. The minimum Gasteiger partial charge on any atom is -0.491 e. The molecular formula is C14H21NO3. The van der Waals surface area contributed by atoms with Crippen molar-refractivity contribution in [1.29, 1.82) is 0 Å². The second-order valence-corrected chi connectivity index (χ2v) is 4.33. The molecule has 0 aliphatic heterocycles. The van der Waals surface area contributed by atoms with Gasteiger partial charge in [0.25, 0.3) is 5.91 Å². The summed E-state index contributed by atoms with van der Waals surface area (Å²) in [5.41, 5.74) is -0.255. The first-order chi connectivity index (χ1) is 8.54. The minimum absolute atomic E-state index is 0.151. The topological polar surface area (TPSA) is 58.6 Å². The average Bonchev–Trinajstić information content (AvgIpc) is 2.44. The molecular weight excluding hydrogens is 230 g/mol. The number of hydrogen-bond donors (Lipinski definition) is 2. The summed E-state index contributed by atoms with van der Waals surface area (Å²) in [6.45, 7) is 4.08. The van der Waals surface area contributed by atoms with Gasteiger partial charge in [0.1, 0.15) is 12.4 Å². The highest BCUT2D eigenvalue weighted by atomic mass is 16.5. The predicted octanol–water partition coefficient (Wildman–Crippen LogP) is 1.98. The molecule has 18 heavy (non-hydrogen) atoms. The van der Waals surface area contributed by atoms with Crippen molar-refractivity contribution >= 4 is 5.91 Å². The molecule has 0 saturated heterocycles. The molecule has 1 amide bonds. The lowest BCUT2D eigenvalue weighted by Gasteiger charge is -2.25. The van der Waals surface area contributed by atoms with Crippen molar-refractivity contribution < 1.29 is 14.6 Å². The van der Waals surface area contributed by atoms with E-state index < -0.39 is 5.60 Å². The Hall–Kier alpha value is -1.55. The molecule has 2 N–H and O–H groups in total. The average molecular weight is 251 g/mol. The number of benzene rings is 1. The van der Waals surface area contributed by atoms with E-state index in [1.807, 2.05) is 13.8 Å². The molecule has 0 unspecified atom stereocenters. The van der Waals surface area contributed by atoms with Crippen LogP contribution in [0.2, 0.25) is 0 Å². The van der Waals surface area contributed by atoms with Crippen LogP contribution in [0, 0.1) is 0 Å². The molecule has 0 fully saturated rings. The Morgan fingerprint density at radius 2 is 2.06 bits per heavy atom. The van der Waals surface area contributed by atoms with Gasteiger partial charge in [0.05, 0.1) is 5.60 Å². The highest BCUT2D eigenvalue weighted by molar-refractivity contribution is 5.94. The third kappa shape index (κ3) is 3.74. The summed E-state index contributed by atoms with van der Waals surface area (Å²) in [6.07, 6.45) is 1.28. The van der Waals surface area contributed by atoms with Gasteiger partial charge in [-0.15, -0.1) is 0 Å². The predicted molar refractivity (Wildman–Crippen MR) is 70.9 cm³/mol. The van der Waals surface area contributed by atoms with Crippen LogP contribution in [0.25, 0.3) is 0 Å². The van der Waals surface area contributed by atoms with E-state index in [1.54, 1.807) is 31.3 Å². The van der Waals surface area contributed by atoms with Crippen molar-refractivity contribution in [2.75, 3.05) is 13.7 Å². The Labute approximate surface area is 108 Å². The summed E-state index contributed by atoms with van der Waals surface area (Å²) in [7, 11) is 1.59. The zero-order valence-corrected chi connectivity index (χ0v) is 11.2. The van der Waals surface area contributed by atoms with Gasteiger partial charge in [0, 0.05) is 12.6 Å². The largest absolute Gasteiger partial charge is 0.491 e. The van der Waals surface area contributed by atoms with Gasteiger partial charge in [-0.2, -0.15) is 0 Å². The molecule has 1 aromatic rings. The number of rotatable bonds is 6. The summed E-state index contributed by atoms with van der Waals surface area (Å²) in [5.74, 6) is 0.443. The van der Waals surface area contributed by atoms with Gasteiger partial charge in [-0.05, 0) is 31.0 Å². The van der Waals surface area contributed by atoms with Crippen LogP contribution in [0.15, 0.2) is 24.3 Å². The van der Waals surface area contributed by atoms with Crippen LogP contribution < -0.4 is 10.1 Å². The highest BCUT2D eigenvalue weighted by Crippen LogP contribution is 2.19. The van der Waals surface area contributed by atoms with Gasteiger partial charge in [-0.25, -0.2) is 0 Å². The summed E-state index contributed by atoms with van der Waals surface area (Å²) < 4.78 is 5.56. The van der Waals surface area contributed by atoms with Gasteiger partial charge >= 0.3 is 0 Å². The maximum atomic E-state index is 11.5. The van der Waals surface area contributed by atoms with Crippen molar-refractivity contribution in [2.45, 2.75) is 32.3 Å². The standard InChI is InChI=1S/C14H21NO3/c1-4-14(17,5-2)10-18-12-8-6-7-11(9-12)13(16)15-3/h6-9,17H,4-5,10H2,1-3H3,(H,15,16). The van der Waals surface area contributed by atoms with Crippen LogP contribution in [0.1, 0.15) is 37.0 Å². The maximum Gasteiger partial charge on any atom is 0.251 e. The number of carbonyl (C=O) groups is 1. The first-order valence-corrected chi connectivity index (χ1v) is 6.22. The fourth-order valence-corrected chi connectivity index (χ4v) is 1.54. The highest BCUT2D eigenvalue weighted by Gasteiger charge is 2.23. The smallest absolute Gasteiger partial charge is 0.251 e. The molecule has 0 aromatic heterocycles. The quantitative estimate of drug-likeness (QED) is 0.812. The fourth-order valence-electron chi connectivity index (χ4n) is 1.54. The van der Waals surface area contributed by atoms with Crippen LogP contribution in [0.4, 0.5) is 0 Å². The zero-order valence-electron chi connectivity index (χ0n) is 11.2. The van der Waals surface area contributed by atoms with Gasteiger partial charge < -0.3 is 15.2 Å². The second kappa shape index (κ2) is 6.40. The first kappa shape index (κ1) is 14.5. The fraction of sp³-hybridized carbons (Fsp3) is 0.500. The molecule has 0 aliphatic carbocycles. The molecule has 0 aliphatic rings. The van der Waals surface area contributed by atoms with Crippen LogP contribution in [0.5, 0.6) is 5.75 Å². The Balaban J connectivity index is 2.71. The lowest BCUT2D eigenvalue weighted by molar-refractivity contribution is -0.0113. The van der Waals surface area contributed by atoms with E-state index in [1.165, 1.54) is 0 Å². The molecule has 4 heteroatoms. The summed E-state index contributed by atoms with van der Waals surface area (Å²) in [5, 5.41) is 12.7. The van der Waals surface area contributed by atoms with Gasteiger partial charge in [0.15, 0.2) is 0 Å². The van der Waals surface area contributed by atoms with Crippen LogP contribution >= 0.6 is 0 Å². The summed E-state index contributed by atoms with van der Waals surface area (Å²) >= 11 is 0. The molecule has 1 rings (SSSR count). The van der Waals surface area contributed by atoms with Crippen molar-refractivity contribution in [1.82, 2.24) is 5.32 Å². The maximum absolute atomic E-state index is 11.5. The minimum atomic E-state index is -0.803. The van der Waals surface area contributed by atoms with E-state index in [4.69, 9.17) is 4.74 Å². The lowest BCUT2D eigenvalue weighted by Crippen LogP contribution is -2.34. The van der Waals surface area contributed by atoms with E-state index >= 15 is 0 Å². The Kier molecular flexibility index (Phi) is 5.16. The number of amides is 1. The monoisotopic (exact) mass is 251 g/mol. The van der Waals surface area contributed by atoms with Crippen molar-refractivity contribution in [2.24, 2.45) is 0 Å². The molecule has 0 saturated carbocycles. The Bertz CT molecular complexity index is 400. The summed E-state index contributed by atoms with van der Waals surface area (Å²) in [4.78, 5) is 11.5. The van der Waals surface area contributed by atoms with E-state index in [0.717, 1.165) is 0 Å². The van der Waals surface area contributed by atoms with Gasteiger partial charge in [0.2, 0.25) is 0 Å². The lowest BCUT2D eigenvalue weighted by atomic mass is 9.99. The zero-order chi connectivity index (χ0) is 13.6. The number of ether oxygens (including phenoxy) is 1. The van der Waals surface area contributed by atoms with Crippen LogP contribution in [0.3, 0.4) is 0 Å². The Morgan fingerprint density at radius 1 is 1.39 bits per heavy atom.